The van der Waals surface area contributed by atoms with E-state index < -0.39 is 0 Å². The second kappa shape index (κ2) is 7.77. The molecule has 4 heteroatoms. The number of carbonyl (C=O) groups is 1. The zero-order chi connectivity index (χ0) is 16.8. The van der Waals surface area contributed by atoms with E-state index in [1.165, 1.54) is 0 Å². The van der Waals surface area contributed by atoms with Gasteiger partial charge in [-0.25, -0.2) is 5.43 Å². The van der Waals surface area contributed by atoms with E-state index in [0.29, 0.717) is 12.3 Å². The molecule has 1 amide bonds. The van der Waals surface area contributed by atoms with Gasteiger partial charge in [0.05, 0.1) is 19.2 Å². The standard InChI is InChI=1S/C19H24N2O2/c1-13(2)16-8-5-14(3)18(12-16)20-21-19(22)11-15-6-9-17(23-4)10-7-15/h5-7,9-10,16H,1,8,11-12H2,2-4H3,(H,21,22)/b20-18+. The molecule has 0 spiro atoms. The molecule has 1 aromatic rings. The number of ether oxygens (including phenoxy) is 1. The minimum atomic E-state index is -0.118. The number of hydrazone groups is 1. The summed E-state index contributed by atoms with van der Waals surface area (Å²) in [6, 6.07) is 7.46. The summed E-state index contributed by atoms with van der Waals surface area (Å²) >= 11 is 0. The van der Waals surface area contributed by atoms with Crippen molar-refractivity contribution in [2.45, 2.75) is 33.1 Å². The van der Waals surface area contributed by atoms with Crippen LogP contribution in [0.3, 0.4) is 0 Å². The highest BCUT2D eigenvalue weighted by molar-refractivity contribution is 6.01. The van der Waals surface area contributed by atoms with Crippen LogP contribution in [0.15, 0.2) is 53.2 Å². The number of hydrogen-bond acceptors (Lipinski definition) is 3. The number of carbonyl (C=O) groups excluding carboxylic acids is 1. The minimum Gasteiger partial charge on any atom is -0.497 e. The summed E-state index contributed by atoms with van der Waals surface area (Å²) in [6.45, 7) is 8.09. The van der Waals surface area contributed by atoms with Gasteiger partial charge in [-0.2, -0.15) is 5.10 Å². The third-order valence-electron chi connectivity index (χ3n) is 4.14. The zero-order valence-electron chi connectivity index (χ0n) is 14.1. The first-order valence-corrected chi connectivity index (χ1v) is 7.80. The molecule has 122 valence electrons. The van der Waals surface area contributed by atoms with E-state index in [-0.39, 0.29) is 5.91 Å². The molecule has 0 aromatic heterocycles. The Kier molecular flexibility index (Phi) is 5.74. The quantitative estimate of drug-likeness (QED) is 0.666. The summed E-state index contributed by atoms with van der Waals surface area (Å²) in [4.78, 5) is 12.0. The predicted molar refractivity (Wildman–Crippen MR) is 93.6 cm³/mol. The van der Waals surface area contributed by atoms with E-state index in [2.05, 4.69) is 23.2 Å². The van der Waals surface area contributed by atoms with E-state index in [4.69, 9.17) is 4.74 Å². The lowest BCUT2D eigenvalue weighted by Gasteiger charge is -2.22. The molecular weight excluding hydrogens is 288 g/mol. The molecule has 1 aromatic carbocycles. The Morgan fingerprint density at radius 3 is 2.70 bits per heavy atom. The van der Waals surface area contributed by atoms with Crippen LogP contribution >= 0.6 is 0 Å². The third-order valence-corrected chi connectivity index (χ3v) is 4.14. The predicted octanol–water partition coefficient (Wildman–Crippen LogP) is 3.64. The van der Waals surface area contributed by atoms with Crippen molar-refractivity contribution in [1.29, 1.82) is 0 Å². The van der Waals surface area contributed by atoms with E-state index in [1.54, 1.807) is 7.11 Å². The van der Waals surface area contributed by atoms with Gasteiger partial charge in [0, 0.05) is 0 Å². The highest BCUT2D eigenvalue weighted by Crippen LogP contribution is 2.26. The highest BCUT2D eigenvalue weighted by atomic mass is 16.5. The molecule has 0 saturated carbocycles. The molecule has 4 nitrogen and oxygen atoms in total. The van der Waals surface area contributed by atoms with Crippen molar-refractivity contribution >= 4 is 11.6 Å². The van der Waals surface area contributed by atoms with Gasteiger partial charge in [0.25, 0.3) is 0 Å². The van der Waals surface area contributed by atoms with Gasteiger partial charge in [-0.15, -0.1) is 0 Å². The fraction of sp³-hybridized carbons (Fsp3) is 0.368. The summed E-state index contributed by atoms with van der Waals surface area (Å²) in [7, 11) is 1.62. The molecule has 1 aliphatic carbocycles. The monoisotopic (exact) mass is 312 g/mol. The minimum absolute atomic E-state index is 0.118. The first-order valence-electron chi connectivity index (χ1n) is 7.80. The molecule has 0 aliphatic heterocycles. The molecule has 0 saturated heterocycles. The summed E-state index contributed by atoms with van der Waals surface area (Å²) in [5.74, 6) is 1.08. The van der Waals surface area contributed by atoms with Crippen LogP contribution in [0.4, 0.5) is 0 Å². The Bertz CT molecular complexity index is 642. The number of hydrogen-bond donors (Lipinski definition) is 1. The summed E-state index contributed by atoms with van der Waals surface area (Å²) in [5, 5.41) is 4.31. The van der Waals surface area contributed by atoms with Crippen LogP contribution in [0, 0.1) is 5.92 Å². The van der Waals surface area contributed by atoms with Crippen molar-refractivity contribution in [2.24, 2.45) is 11.0 Å². The molecule has 0 bridgehead atoms. The van der Waals surface area contributed by atoms with E-state index in [1.807, 2.05) is 38.1 Å². The van der Waals surface area contributed by atoms with Crippen molar-refractivity contribution in [3.8, 4) is 5.75 Å². The maximum absolute atomic E-state index is 12.0. The first kappa shape index (κ1) is 17.0. The fourth-order valence-electron chi connectivity index (χ4n) is 2.52. The molecule has 1 aliphatic rings. The summed E-state index contributed by atoms with van der Waals surface area (Å²) < 4.78 is 5.11. The first-order chi connectivity index (χ1) is 11.0. The maximum atomic E-state index is 12.0. The van der Waals surface area contributed by atoms with Gasteiger partial charge in [-0.3, -0.25) is 4.79 Å². The van der Waals surface area contributed by atoms with Crippen molar-refractivity contribution in [2.75, 3.05) is 7.11 Å². The third kappa shape index (κ3) is 4.81. The second-order valence-electron chi connectivity index (χ2n) is 5.99. The molecule has 1 unspecified atom stereocenters. The van der Waals surface area contributed by atoms with Gasteiger partial charge >= 0.3 is 0 Å². The Morgan fingerprint density at radius 1 is 1.39 bits per heavy atom. The smallest absolute Gasteiger partial charge is 0.244 e. The lowest BCUT2D eigenvalue weighted by Crippen LogP contribution is -2.24. The number of nitrogens with zero attached hydrogens (tertiary/aromatic N) is 1. The molecule has 1 N–H and O–H groups in total. The maximum Gasteiger partial charge on any atom is 0.244 e. The number of nitrogens with one attached hydrogen (secondary N) is 1. The van der Waals surface area contributed by atoms with Crippen LogP contribution in [0.2, 0.25) is 0 Å². The molecule has 1 atom stereocenters. The number of methoxy groups -OCH3 is 1. The number of amides is 1. The molecular formula is C19H24N2O2. The Labute approximate surface area is 137 Å². The van der Waals surface area contributed by atoms with Crippen LogP contribution in [-0.2, 0) is 11.2 Å². The Balaban J connectivity index is 1.95. The number of rotatable bonds is 5. The molecule has 0 heterocycles. The van der Waals surface area contributed by atoms with Gasteiger partial charge in [-0.1, -0.05) is 30.4 Å². The van der Waals surface area contributed by atoms with Gasteiger partial charge in [0.2, 0.25) is 5.91 Å². The average Bonchev–Trinajstić information content (AvgIpc) is 2.54. The zero-order valence-corrected chi connectivity index (χ0v) is 14.1. The van der Waals surface area contributed by atoms with E-state index >= 15 is 0 Å². The largest absolute Gasteiger partial charge is 0.497 e. The van der Waals surface area contributed by atoms with Crippen LogP contribution in [-0.4, -0.2) is 18.7 Å². The highest BCUT2D eigenvalue weighted by Gasteiger charge is 2.18. The van der Waals surface area contributed by atoms with Gasteiger partial charge in [0.15, 0.2) is 0 Å². The summed E-state index contributed by atoms with van der Waals surface area (Å²) in [6.07, 6.45) is 4.30. The topological polar surface area (TPSA) is 50.7 Å². The van der Waals surface area contributed by atoms with E-state index in [9.17, 15) is 4.79 Å². The second-order valence-corrected chi connectivity index (χ2v) is 5.99. The van der Waals surface area contributed by atoms with Crippen LogP contribution < -0.4 is 10.2 Å². The average molecular weight is 312 g/mol. The van der Waals surface area contributed by atoms with Crippen LogP contribution in [0.25, 0.3) is 0 Å². The number of allylic oxidation sites excluding steroid dienone is 3. The van der Waals surface area contributed by atoms with Crippen LogP contribution in [0.5, 0.6) is 5.75 Å². The van der Waals surface area contributed by atoms with Gasteiger partial charge in [0.1, 0.15) is 5.75 Å². The summed E-state index contributed by atoms with van der Waals surface area (Å²) in [5.41, 5.74) is 6.82. The molecule has 0 radical (unpaired) electrons. The Morgan fingerprint density at radius 2 is 2.09 bits per heavy atom. The van der Waals surface area contributed by atoms with Gasteiger partial charge in [-0.05, 0) is 55.9 Å². The van der Waals surface area contributed by atoms with Crippen molar-refractivity contribution in [1.82, 2.24) is 5.43 Å². The fourth-order valence-corrected chi connectivity index (χ4v) is 2.52. The Hall–Kier alpha value is -2.36. The lowest BCUT2D eigenvalue weighted by molar-refractivity contribution is -0.120. The molecule has 0 fully saturated rings. The van der Waals surface area contributed by atoms with Gasteiger partial charge < -0.3 is 4.74 Å². The van der Waals surface area contributed by atoms with Crippen molar-refractivity contribution in [3.63, 3.8) is 0 Å². The van der Waals surface area contributed by atoms with E-state index in [0.717, 1.165) is 41.0 Å². The normalized spacial score (nSPS) is 19.2. The number of benzene rings is 1. The molecule has 23 heavy (non-hydrogen) atoms. The van der Waals surface area contributed by atoms with Crippen molar-refractivity contribution in [3.05, 3.63) is 53.6 Å². The van der Waals surface area contributed by atoms with Crippen molar-refractivity contribution < 1.29 is 9.53 Å². The lowest BCUT2D eigenvalue weighted by atomic mass is 9.85. The van der Waals surface area contributed by atoms with Crippen LogP contribution in [0.1, 0.15) is 32.3 Å². The molecule has 2 rings (SSSR count). The SMILES string of the molecule is C=C(C)C1CC=C(C)/C(=N/NC(=O)Cc2ccc(OC)cc2)C1.